The number of benzene rings is 1. The van der Waals surface area contributed by atoms with E-state index < -0.39 is 0 Å². The lowest BCUT2D eigenvalue weighted by molar-refractivity contribution is -0.123. The first-order valence-electron chi connectivity index (χ1n) is 6.31. The Balaban J connectivity index is 2.29. The van der Waals surface area contributed by atoms with E-state index in [1.165, 1.54) is 5.56 Å². The number of ether oxygens (including phenoxy) is 1. The Hall–Kier alpha value is -1.55. The minimum atomic E-state index is -0.100. The molecule has 1 aromatic carbocycles. The van der Waals surface area contributed by atoms with Gasteiger partial charge in [-0.05, 0) is 38.1 Å². The smallest absolute Gasteiger partial charge is 0.257 e. The van der Waals surface area contributed by atoms with E-state index in [4.69, 9.17) is 4.74 Å². The summed E-state index contributed by atoms with van der Waals surface area (Å²) in [4.78, 5) is 11.5. The third kappa shape index (κ3) is 5.19. The van der Waals surface area contributed by atoms with Gasteiger partial charge in [-0.1, -0.05) is 19.1 Å². The van der Waals surface area contributed by atoms with E-state index in [-0.39, 0.29) is 18.6 Å². The van der Waals surface area contributed by atoms with Gasteiger partial charge in [0.25, 0.3) is 5.91 Å². The molecule has 1 rings (SSSR count). The van der Waals surface area contributed by atoms with Crippen LogP contribution in [0.25, 0.3) is 0 Å². The summed E-state index contributed by atoms with van der Waals surface area (Å²) in [7, 11) is 1.86. The van der Waals surface area contributed by atoms with Gasteiger partial charge in [-0.2, -0.15) is 0 Å². The second-order valence-electron chi connectivity index (χ2n) is 4.28. The maximum Gasteiger partial charge on any atom is 0.257 e. The van der Waals surface area contributed by atoms with Crippen molar-refractivity contribution < 1.29 is 9.53 Å². The van der Waals surface area contributed by atoms with Crippen LogP contribution in [0.15, 0.2) is 24.3 Å². The Morgan fingerprint density at radius 2 is 2.00 bits per heavy atom. The van der Waals surface area contributed by atoms with Crippen molar-refractivity contribution in [1.29, 1.82) is 0 Å². The first-order valence-corrected chi connectivity index (χ1v) is 6.31. The molecular formula is C14H22N2O2. The average molecular weight is 250 g/mol. The van der Waals surface area contributed by atoms with Crippen LogP contribution in [0.2, 0.25) is 0 Å². The fraction of sp³-hybridized carbons (Fsp3) is 0.500. The summed E-state index contributed by atoms with van der Waals surface area (Å²) in [5.41, 5.74) is 1.26. The van der Waals surface area contributed by atoms with Gasteiger partial charge >= 0.3 is 0 Å². The van der Waals surface area contributed by atoms with Crippen molar-refractivity contribution in [2.24, 2.45) is 0 Å². The number of hydrogen-bond donors (Lipinski definition) is 2. The molecule has 0 saturated heterocycles. The molecule has 2 N–H and O–H groups in total. The lowest BCUT2D eigenvalue weighted by Crippen LogP contribution is -2.39. The molecule has 0 heterocycles. The van der Waals surface area contributed by atoms with Gasteiger partial charge in [0.15, 0.2) is 6.61 Å². The Bertz CT molecular complexity index is 363. The van der Waals surface area contributed by atoms with Crippen molar-refractivity contribution in [3.05, 3.63) is 29.8 Å². The number of likely N-dealkylation sites (N-methyl/N-ethyl adjacent to an activating group) is 1. The molecule has 0 aliphatic rings. The van der Waals surface area contributed by atoms with E-state index >= 15 is 0 Å². The van der Waals surface area contributed by atoms with Crippen LogP contribution >= 0.6 is 0 Å². The quantitative estimate of drug-likeness (QED) is 0.768. The van der Waals surface area contributed by atoms with Gasteiger partial charge in [0.2, 0.25) is 0 Å². The summed E-state index contributed by atoms with van der Waals surface area (Å²) in [6.07, 6.45) is 1.00. The molecule has 1 amide bonds. The number of rotatable bonds is 7. The lowest BCUT2D eigenvalue weighted by Gasteiger charge is -2.12. The fourth-order valence-corrected chi connectivity index (χ4v) is 1.39. The predicted molar refractivity (Wildman–Crippen MR) is 72.8 cm³/mol. The lowest BCUT2D eigenvalue weighted by atomic mass is 10.2. The van der Waals surface area contributed by atoms with Crippen LogP contribution < -0.4 is 15.4 Å². The Kier molecular flexibility index (Phi) is 6.22. The molecule has 0 saturated carbocycles. The number of nitrogens with one attached hydrogen (secondary N) is 2. The summed E-state index contributed by atoms with van der Waals surface area (Å²) in [5, 5.41) is 5.85. The summed E-state index contributed by atoms with van der Waals surface area (Å²) in [6, 6.07) is 8.06. The normalized spacial score (nSPS) is 11.9. The van der Waals surface area contributed by atoms with Gasteiger partial charge in [-0.3, -0.25) is 4.79 Å². The zero-order valence-electron chi connectivity index (χ0n) is 11.3. The van der Waals surface area contributed by atoms with Crippen LogP contribution in [-0.2, 0) is 11.2 Å². The van der Waals surface area contributed by atoms with E-state index in [1.54, 1.807) is 0 Å². The van der Waals surface area contributed by atoms with Crippen LogP contribution in [0.5, 0.6) is 5.75 Å². The zero-order chi connectivity index (χ0) is 13.4. The van der Waals surface area contributed by atoms with Crippen LogP contribution in [0.1, 0.15) is 19.4 Å². The molecule has 0 spiro atoms. The highest BCUT2D eigenvalue weighted by atomic mass is 16.5. The molecule has 0 bridgehead atoms. The third-order valence-corrected chi connectivity index (χ3v) is 2.80. The maximum atomic E-state index is 11.5. The maximum absolute atomic E-state index is 11.5. The van der Waals surface area contributed by atoms with Gasteiger partial charge in [-0.15, -0.1) is 0 Å². The van der Waals surface area contributed by atoms with E-state index in [9.17, 15) is 4.79 Å². The van der Waals surface area contributed by atoms with Crippen molar-refractivity contribution >= 4 is 5.91 Å². The number of aryl methyl sites for hydroxylation is 1. The molecule has 1 aromatic rings. The topological polar surface area (TPSA) is 50.4 Å². The molecule has 0 fully saturated rings. The zero-order valence-corrected chi connectivity index (χ0v) is 11.3. The van der Waals surface area contributed by atoms with E-state index in [1.807, 2.05) is 38.2 Å². The third-order valence-electron chi connectivity index (χ3n) is 2.80. The van der Waals surface area contributed by atoms with Gasteiger partial charge in [0.1, 0.15) is 5.75 Å². The first kappa shape index (κ1) is 14.5. The molecule has 1 atom stereocenters. The standard InChI is InChI=1S/C14H22N2O2/c1-4-12-5-7-13(8-6-12)18-10-14(17)16-9-11(2)15-3/h5-8,11,15H,4,9-10H2,1-3H3,(H,16,17). The van der Waals surface area contributed by atoms with Crippen molar-refractivity contribution in [3.8, 4) is 5.75 Å². The van der Waals surface area contributed by atoms with Crippen molar-refractivity contribution in [2.45, 2.75) is 26.3 Å². The van der Waals surface area contributed by atoms with Crippen LogP contribution in [0, 0.1) is 0 Å². The molecule has 0 aliphatic carbocycles. The summed E-state index contributed by atoms with van der Waals surface area (Å²) in [6.45, 7) is 4.77. The highest BCUT2D eigenvalue weighted by Gasteiger charge is 2.04. The van der Waals surface area contributed by atoms with Crippen LogP contribution in [0.3, 0.4) is 0 Å². The van der Waals surface area contributed by atoms with E-state index in [2.05, 4.69) is 17.6 Å². The monoisotopic (exact) mass is 250 g/mol. The highest BCUT2D eigenvalue weighted by Crippen LogP contribution is 2.12. The molecule has 4 heteroatoms. The predicted octanol–water partition coefficient (Wildman–Crippen LogP) is 1.35. The first-order chi connectivity index (χ1) is 8.65. The Morgan fingerprint density at radius 3 is 2.56 bits per heavy atom. The largest absolute Gasteiger partial charge is 0.484 e. The minimum Gasteiger partial charge on any atom is -0.484 e. The van der Waals surface area contributed by atoms with Crippen LogP contribution in [-0.4, -0.2) is 32.1 Å². The number of carbonyl (C=O) groups excluding carboxylic acids is 1. The molecule has 1 unspecified atom stereocenters. The fourth-order valence-electron chi connectivity index (χ4n) is 1.39. The molecule has 0 aliphatic heterocycles. The van der Waals surface area contributed by atoms with Crippen LogP contribution in [0.4, 0.5) is 0 Å². The summed E-state index contributed by atoms with van der Waals surface area (Å²) in [5.74, 6) is 0.626. The SMILES string of the molecule is CCc1ccc(OCC(=O)NCC(C)NC)cc1. The molecule has 18 heavy (non-hydrogen) atoms. The van der Waals surface area contributed by atoms with Gasteiger partial charge in [0, 0.05) is 12.6 Å². The van der Waals surface area contributed by atoms with Gasteiger partial charge in [0.05, 0.1) is 0 Å². The van der Waals surface area contributed by atoms with Gasteiger partial charge < -0.3 is 15.4 Å². The molecule has 0 aromatic heterocycles. The molecular weight excluding hydrogens is 228 g/mol. The van der Waals surface area contributed by atoms with Crippen molar-refractivity contribution in [3.63, 3.8) is 0 Å². The summed E-state index contributed by atoms with van der Waals surface area (Å²) >= 11 is 0. The number of carbonyl (C=O) groups is 1. The van der Waals surface area contributed by atoms with Gasteiger partial charge in [-0.25, -0.2) is 0 Å². The minimum absolute atomic E-state index is 0.0574. The Labute approximate surface area is 109 Å². The van der Waals surface area contributed by atoms with Crippen molar-refractivity contribution in [2.75, 3.05) is 20.2 Å². The molecule has 100 valence electrons. The second kappa shape index (κ2) is 7.71. The Morgan fingerprint density at radius 1 is 1.33 bits per heavy atom. The number of amides is 1. The van der Waals surface area contributed by atoms with E-state index in [0.29, 0.717) is 6.54 Å². The van der Waals surface area contributed by atoms with Crippen molar-refractivity contribution in [1.82, 2.24) is 10.6 Å². The molecule has 4 nitrogen and oxygen atoms in total. The average Bonchev–Trinajstić information content (AvgIpc) is 2.42. The van der Waals surface area contributed by atoms with E-state index in [0.717, 1.165) is 12.2 Å². The molecule has 0 radical (unpaired) electrons. The second-order valence-corrected chi connectivity index (χ2v) is 4.28. The summed E-state index contributed by atoms with van der Waals surface area (Å²) < 4.78 is 5.40. The number of hydrogen-bond acceptors (Lipinski definition) is 3. The highest BCUT2D eigenvalue weighted by molar-refractivity contribution is 5.77.